The monoisotopic (exact) mass is 384 g/mol. The summed E-state index contributed by atoms with van der Waals surface area (Å²) in [4.78, 5) is 26.7. The van der Waals surface area contributed by atoms with Gasteiger partial charge in [-0.15, -0.1) is 0 Å². The van der Waals surface area contributed by atoms with Crippen LogP contribution in [0.3, 0.4) is 0 Å². The second-order valence-corrected chi connectivity index (χ2v) is 6.50. The van der Waals surface area contributed by atoms with Crippen molar-refractivity contribution >= 4 is 17.5 Å². The van der Waals surface area contributed by atoms with E-state index in [1.165, 1.54) is 0 Å². The van der Waals surface area contributed by atoms with Crippen LogP contribution in [0, 0.1) is 0 Å². The van der Waals surface area contributed by atoms with Crippen molar-refractivity contribution in [3.8, 4) is 11.5 Å². The van der Waals surface area contributed by atoms with Crippen molar-refractivity contribution < 1.29 is 23.8 Å². The van der Waals surface area contributed by atoms with Gasteiger partial charge in [-0.3, -0.25) is 9.59 Å². The first-order valence-electron chi connectivity index (χ1n) is 9.13. The molecular formula is C21H24N2O5. The number of methoxy groups -OCH3 is 1. The van der Waals surface area contributed by atoms with Gasteiger partial charge in [0.2, 0.25) is 0 Å². The van der Waals surface area contributed by atoms with Crippen LogP contribution in [-0.2, 0) is 9.53 Å². The summed E-state index contributed by atoms with van der Waals surface area (Å²) in [6.07, 6.45) is 0.0210. The minimum absolute atomic E-state index is 0.0210. The van der Waals surface area contributed by atoms with Crippen LogP contribution in [0.4, 0.5) is 5.69 Å². The third-order valence-electron chi connectivity index (χ3n) is 4.35. The number of morpholine rings is 1. The Morgan fingerprint density at radius 1 is 1.18 bits per heavy atom. The van der Waals surface area contributed by atoms with Gasteiger partial charge in [-0.1, -0.05) is 18.2 Å². The van der Waals surface area contributed by atoms with Crippen molar-refractivity contribution in [1.82, 2.24) is 4.90 Å². The molecule has 2 aromatic carbocycles. The summed E-state index contributed by atoms with van der Waals surface area (Å²) < 4.78 is 16.2. The van der Waals surface area contributed by atoms with Crippen LogP contribution in [0.1, 0.15) is 17.3 Å². The Bertz CT molecular complexity index is 839. The van der Waals surface area contributed by atoms with Crippen molar-refractivity contribution in [2.45, 2.75) is 13.0 Å². The molecule has 2 amide bonds. The number of carbonyl (C=O) groups excluding carboxylic acids is 2. The van der Waals surface area contributed by atoms with Crippen LogP contribution in [0.15, 0.2) is 48.5 Å². The summed E-state index contributed by atoms with van der Waals surface area (Å²) in [5.41, 5.74) is 1.07. The fourth-order valence-corrected chi connectivity index (χ4v) is 2.99. The van der Waals surface area contributed by atoms with Gasteiger partial charge < -0.3 is 24.4 Å². The van der Waals surface area contributed by atoms with E-state index in [9.17, 15) is 9.59 Å². The van der Waals surface area contributed by atoms with Crippen LogP contribution >= 0.6 is 0 Å². The first-order chi connectivity index (χ1) is 13.6. The van der Waals surface area contributed by atoms with Gasteiger partial charge in [0.05, 0.1) is 19.8 Å². The normalized spacial score (nSPS) is 16.4. The average Bonchev–Trinajstić information content (AvgIpc) is 2.72. The Hall–Kier alpha value is -3.06. The lowest BCUT2D eigenvalue weighted by atomic mass is 10.1. The molecular weight excluding hydrogens is 360 g/mol. The Morgan fingerprint density at radius 2 is 1.96 bits per heavy atom. The number of nitrogens with one attached hydrogen (secondary N) is 1. The van der Waals surface area contributed by atoms with E-state index in [0.29, 0.717) is 42.4 Å². The van der Waals surface area contributed by atoms with Crippen LogP contribution in [0.2, 0.25) is 0 Å². The van der Waals surface area contributed by atoms with Crippen LogP contribution in [0.5, 0.6) is 11.5 Å². The number of hydrogen-bond donors (Lipinski definition) is 1. The molecule has 1 fully saturated rings. The molecule has 0 spiro atoms. The maximum absolute atomic E-state index is 12.7. The Balaban J connectivity index is 1.59. The molecule has 1 atom stereocenters. The average molecular weight is 384 g/mol. The molecule has 0 aromatic heterocycles. The molecule has 2 aromatic rings. The lowest BCUT2D eigenvalue weighted by Crippen LogP contribution is -2.44. The standard InChI is InChI=1S/C21H24N2O5/c1-15-13-23(10-11-27-15)21(25)16-6-5-7-17(12-16)22-20(24)14-28-19-9-4-3-8-18(19)26-2/h3-9,12,15H,10-11,13-14H2,1-2H3,(H,22,24). The van der Waals surface area contributed by atoms with E-state index in [1.54, 1.807) is 54.5 Å². The number of anilines is 1. The Labute approximate surface area is 164 Å². The maximum Gasteiger partial charge on any atom is 0.262 e. The summed E-state index contributed by atoms with van der Waals surface area (Å²) in [5.74, 6) is 0.653. The third kappa shape index (κ3) is 5.01. The highest BCUT2D eigenvalue weighted by atomic mass is 16.5. The first kappa shape index (κ1) is 19.7. The second kappa shape index (κ2) is 9.23. The highest BCUT2D eigenvalue weighted by Crippen LogP contribution is 2.25. The number of para-hydroxylation sites is 2. The molecule has 1 aliphatic heterocycles. The van der Waals surface area contributed by atoms with Gasteiger partial charge in [0.25, 0.3) is 11.8 Å². The summed E-state index contributed by atoms with van der Waals surface area (Å²) in [7, 11) is 1.54. The number of carbonyl (C=O) groups is 2. The molecule has 0 saturated carbocycles. The van der Waals surface area contributed by atoms with E-state index < -0.39 is 0 Å². The second-order valence-electron chi connectivity index (χ2n) is 6.50. The van der Waals surface area contributed by atoms with Crippen LogP contribution in [0.25, 0.3) is 0 Å². The lowest BCUT2D eigenvalue weighted by molar-refractivity contribution is -0.118. The molecule has 1 heterocycles. The van der Waals surface area contributed by atoms with E-state index in [1.807, 2.05) is 13.0 Å². The molecule has 1 N–H and O–H groups in total. The van der Waals surface area contributed by atoms with E-state index in [0.717, 1.165) is 0 Å². The highest BCUT2D eigenvalue weighted by Gasteiger charge is 2.22. The van der Waals surface area contributed by atoms with Gasteiger partial charge in [0.1, 0.15) is 0 Å². The number of hydrogen-bond acceptors (Lipinski definition) is 5. The molecule has 28 heavy (non-hydrogen) atoms. The molecule has 1 saturated heterocycles. The zero-order valence-electron chi connectivity index (χ0n) is 16.0. The maximum atomic E-state index is 12.7. The van der Waals surface area contributed by atoms with Gasteiger partial charge in [-0.25, -0.2) is 0 Å². The van der Waals surface area contributed by atoms with Crippen LogP contribution < -0.4 is 14.8 Å². The van der Waals surface area contributed by atoms with Crippen molar-refractivity contribution in [3.63, 3.8) is 0 Å². The van der Waals surface area contributed by atoms with E-state index >= 15 is 0 Å². The number of ether oxygens (including phenoxy) is 3. The lowest BCUT2D eigenvalue weighted by Gasteiger charge is -2.31. The summed E-state index contributed by atoms with van der Waals surface area (Å²) in [6.45, 7) is 3.43. The van der Waals surface area contributed by atoms with Crippen LogP contribution in [-0.4, -0.2) is 56.2 Å². The predicted octanol–water partition coefficient (Wildman–Crippen LogP) is 2.57. The Kier molecular flexibility index (Phi) is 6.49. The fraction of sp³-hybridized carbons (Fsp3) is 0.333. The minimum Gasteiger partial charge on any atom is -0.493 e. The fourth-order valence-electron chi connectivity index (χ4n) is 2.99. The van der Waals surface area contributed by atoms with Crippen molar-refractivity contribution in [2.24, 2.45) is 0 Å². The molecule has 1 aliphatic rings. The molecule has 0 bridgehead atoms. The predicted molar refractivity (Wildman–Crippen MR) is 105 cm³/mol. The molecule has 148 valence electrons. The molecule has 1 unspecified atom stereocenters. The number of rotatable bonds is 6. The van der Waals surface area contributed by atoms with Crippen molar-refractivity contribution in [3.05, 3.63) is 54.1 Å². The third-order valence-corrected chi connectivity index (χ3v) is 4.35. The van der Waals surface area contributed by atoms with Crippen molar-refractivity contribution in [1.29, 1.82) is 0 Å². The summed E-state index contributed by atoms with van der Waals surface area (Å²) >= 11 is 0. The topological polar surface area (TPSA) is 77.1 Å². The zero-order valence-corrected chi connectivity index (χ0v) is 16.0. The van der Waals surface area contributed by atoms with E-state index in [-0.39, 0.29) is 24.5 Å². The summed E-state index contributed by atoms with van der Waals surface area (Å²) in [6, 6.07) is 14.0. The van der Waals surface area contributed by atoms with Gasteiger partial charge in [0.15, 0.2) is 18.1 Å². The quantitative estimate of drug-likeness (QED) is 0.828. The SMILES string of the molecule is COc1ccccc1OCC(=O)Nc1cccc(C(=O)N2CCOC(C)C2)c1. The minimum atomic E-state index is -0.324. The molecule has 0 radical (unpaired) electrons. The number of nitrogens with zero attached hydrogens (tertiary/aromatic N) is 1. The Morgan fingerprint density at radius 3 is 2.71 bits per heavy atom. The van der Waals surface area contributed by atoms with Gasteiger partial charge in [-0.05, 0) is 37.3 Å². The number of amides is 2. The van der Waals surface area contributed by atoms with Gasteiger partial charge in [0, 0.05) is 24.3 Å². The molecule has 7 nitrogen and oxygen atoms in total. The highest BCUT2D eigenvalue weighted by molar-refractivity contribution is 5.97. The zero-order chi connectivity index (χ0) is 19.9. The molecule has 3 rings (SSSR count). The largest absolute Gasteiger partial charge is 0.493 e. The molecule has 0 aliphatic carbocycles. The van der Waals surface area contributed by atoms with E-state index in [4.69, 9.17) is 14.2 Å². The first-order valence-corrected chi connectivity index (χ1v) is 9.13. The van der Waals surface area contributed by atoms with Gasteiger partial charge >= 0.3 is 0 Å². The smallest absolute Gasteiger partial charge is 0.262 e. The van der Waals surface area contributed by atoms with E-state index in [2.05, 4.69) is 5.32 Å². The summed E-state index contributed by atoms with van der Waals surface area (Å²) in [5, 5.41) is 2.76. The van der Waals surface area contributed by atoms with Gasteiger partial charge in [-0.2, -0.15) is 0 Å². The van der Waals surface area contributed by atoms with Crippen molar-refractivity contribution in [2.75, 3.05) is 38.7 Å². The number of benzene rings is 2. The molecule has 7 heteroatoms.